The summed E-state index contributed by atoms with van der Waals surface area (Å²) in [5, 5.41) is 0. The number of carbonyl (C=O) groups excluding carboxylic acids is 3. The molecular formula is C22H20O3. The van der Waals surface area contributed by atoms with E-state index in [-0.39, 0.29) is 17.3 Å². The highest BCUT2D eigenvalue weighted by molar-refractivity contribution is 6.51. The molecule has 25 heavy (non-hydrogen) atoms. The van der Waals surface area contributed by atoms with Gasteiger partial charge in [0.2, 0.25) is 11.6 Å². The molecule has 0 bridgehead atoms. The van der Waals surface area contributed by atoms with Gasteiger partial charge in [-0.3, -0.25) is 14.4 Å². The predicted molar refractivity (Wildman–Crippen MR) is 94.7 cm³/mol. The molecule has 2 aliphatic carbocycles. The van der Waals surface area contributed by atoms with E-state index >= 15 is 0 Å². The highest BCUT2D eigenvalue weighted by Gasteiger charge is 2.45. The van der Waals surface area contributed by atoms with Crippen molar-refractivity contribution in [1.29, 1.82) is 0 Å². The summed E-state index contributed by atoms with van der Waals surface area (Å²) in [4.78, 5) is 37.8. The summed E-state index contributed by atoms with van der Waals surface area (Å²) in [6.45, 7) is 0. The van der Waals surface area contributed by atoms with Crippen molar-refractivity contribution >= 4 is 17.3 Å². The van der Waals surface area contributed by atoms with Crippen LogP contribution in [0.15, 0.2) is 54.6 Å². The Hall–Kier alpha value is -2.55. The molecule has 0 aromatic heterocycles. The molecule has 2 aromatic rings. The van der Waals surface area contributed by atoms with Gasteiger partial charge in [0.1, 0.15) is 0 Å². The molecule has 2 aromatic carbocycles. The van der Waals surface area contributed by atoms with Crippen molar-refractivity contribution in [1.82, 2.24) is 0 Å². The maximum Gasteiger partial charge on any atom is 0.230 e. The number of benzene rings is 2. The van der Waals surface area contributed by atoms with Crippen LogP contribution in [0, 0.1) is 11.8 Å². The van der Waals surface area contributed by atoms with Gasteiger partial charge < -0.3 is 0 Å². The minimum absolute atomic E-state index is 0.0164. The van der Waals surface area contributed by atoms with Crippen LogP contribution in [0.1, 0.15) is 57.9 Å². The third-order valence-electron chi connectivity index (χ3n) is 5.74. The van der Waals surface area contributed by atoms with Gasteiger partial charge in [0.25, 0.3) is 0 Å². The zero-order valence-electron chi connectivity index (χ0n) is 14.0. The smallest absolute Gasteiger partial charge is 0.230 e. The average Bonchev–Trinajstić information content (AvgIpc) is 2.68. The fourth-order valence-electron chi connectivity index (χ4n) is 4.40. The van der Waals surface area contributed by atoms with Gasteiger partial charge in [-0.15, -0.1) is 0 Å². The monoisotopic (exact) mass is 332 g/mol. The van der Waals surface area contributed by atoms with Crippen molar-refractivity contribution in [2.45, 2.75) is 31.6 Å². The summed E-state index contributed by atoms with van der Waals surface area (Å²) < 4.78 is 0. The van der Waals surface area contributed by atoms with Crippen LogP contribution in [-0.4, -0.2) is 17.3 Å². The van der Waals surface area contributed by atoms with Crippen LogP contribution < -0.4 is 0 Å². The van der Waals surface area contributed by atoms with Crippen molar-refractivity contribution in [3.63, 3.8) is 0 Å². The second-order valence-electron chi connectivity index (χ2n) is 7.10. The fourth-order valence-corrected chi connectivity index (χ4v) is 4.40. The van der Waals surface area contributed by atoms with Crippen LogP contribution in [0.2, 0.25) is 0 Å². The number of rotatable bonds is 2. The van der Waals surface area contributed by atoms with Crippen molar-refractivity contribution in [3.05, 3.63) is 71.3 Å². The lowest BCUT2D eigenvalue weighted by molar-refractivity contribution is -0.119. The minimum Gasteiger partial charge on any atom is -0.293 e. The van der Waals surface area contributed by atoms with E-state index in [2.05, 4.69) is 12.1 Å². The van der Waals surface area contributed by atoms with Crippen molar-refractivity contribution < 1.29 is 14.4 Å². The normalized spacial score (nSPS) is 26.4. The molecule has 4 rings (SSSR count). The van der Waals surface area contributed by atoms with E-state index in [9.17, 15) is 14.4 Å². The molecule has 3 nitrogen and oxygen atoms in total. The van der Waals surface area contributed by atoms with E-state index in [0.717, 1.165) is 25.7 Å². The van der Waals surface area contributed by atoms with Gasteiger partial charge in [0.15, 0.2) is 5.78 Å². The molecule has 2 aliphatic rings. The van der Waals surface area contributed by atoms with Gasteiger partial charge in [-0.1, -0.05) is 54.6 Å². The summed E-state index contributed by atoms with van der Waals surface area (Å²) in [6, 6.07) is 17.1. The average molecular weight is 332 g/mol. The number of hydrogen-bond donors (Lipinski definition) is 0. The van der Waals surface area contributed by atoms with Crippen LogP contribution >= 0.6 is 0 Å². The van der Waals surface area contributed by atoms with Gasteiger partial charge >= 0.3 is 0 Å². The zero-order chi connectivity index (χ0) is 17.4. The van der Waals surface area contributed by atoms with Crippen LogP contribution in [0.4, 0.5) is 0 Å². The van der Waals surface area contributed by atoms with Crippen LogP contribution in [0.3, 0.4) is 0 Å². The molecule has 3 heteroatoms. The van der Waals surface area contributed by atoms with Gasteiger partial charge in [-0.2, -0.15) is 0 Å². The second kappa shape index (κ2) is 6.40. The Bertz CT molecular complexity index is 829. The van der Waals surface area contributed by atoms with Crippen molar-refractivity contribution in [2.24, 2.45) is 11.8 Å². The van der Waals surface area contributed by atoms with Gasteiger partial charge in [0.05, 0.1) is 5.92 Å². The number of carbonyl (C=O) groups is 3. The highest BCUT2D eigenvalue weighted by Crippen LogP contribution is 2.41. The van der Waals surface area contributed by atoms with Crippen molar-refractivity contribution in [3.8, 4) is 0 Å². The van der Waals surface area contributed by atoms with Gasteiger partial charge in [-0.25, -0.2) is 0 Å². The molecule has 1 saturated carbocycles. The molecule has 1 unspecified atom stereocenters. The SMILES string of the molecule is O=C1C(=O)C(C2CCC(c3ccccc3)CC2)C(=O)c2ccccc21. The predicted octanol–water partition coefficient (Wildman–Crippen LogP) is 4.22. The first-order chi connectivity index (χ1) is 12.2. The zero-order valence-corrected chi connectivity index (χ0v) is 14.0. The molecule has 0 heterocycles. The maximum absolute atomic E-state index is 12.9. The van der Waals surface area contributed by atoms with E-state index in [1.807, 2.05) is 18.2 Å². The molecule has 1 atom stereocenters. The first-order valence-electron chi connectivity index (χ1n) is 8.93. The lowest BCUT2D eigenvalue weighted by Gasteiger charge is -2.34. The molecule has 0 spiro atoms. The van der Waals surface area contributed by atoms with E-state index in [4.69, 9.17) is 0 Å². The fraction of sp³-hybridized carbons (Fsp3) is 0.318. The lowest BCUT2D eigenvalue weighted by Crippen LogP contribution is -2.42. The van der Waals surface area contributed by atoms with E-state index < -0.39 is 17.5 Å². The van der Waals surface area contributed by atoms with Gasteiger partial charge in [0, 0.05) is 11.1 Å². The van der Waals surface area contributed by atoms with Crippen molar-refractivity contribution in [2.75, 3.05) is 0 Å². The summed E-state index contributed by atoms with van der Waals surface area (Å²) in [6.07, 6.45) is 3.55. The Morgan fingerprint density at radius 2 is 1.24 bits per heavy atom. The second-order valence-corrected chi connectivity index (χ2v) is 7.10. The number of fused-ring (bicyclic) bond motifs is 1. The first-order valence-corrected chi connectivity index (χ1v) is 8.93. The first kappa shape index (κ1) is 15.9. The number of ketones is 3. The minimum atomic E-state index is -0.779. The molecule has 0 aliphatic heterocycles. The van der Waals surface area contributed by atoms with E-state index in [0.29, 0.717) is 11.5 Å². The van der Waals surface area contributed by atoms with Gasteiger partial charge in [-0.05, 0) is 43.1 Å². The van der Waals surface area contributed by atoms with E-state index in [1.54, 1.807) is 24.3 Å². The van der Waals surface area contributed by atoms with Crippen LogP contribution in [0.5, 0.6) is 0 Å². The highest BCUT2D eigenvalue weighted by atomic mass is 16.2. The maximum atomic E-state index is 12.9. The molecule has 0 radical (unpaired) electrons. The topological polar surface area (TPSA) is 51.2 Å². The molecular weight excluding hydrogens is 312 g/mol. The Morgan fingerprint density at radius 1 is 0.640 bits per heavy atom. The molecule has 0 amide bonds. The quantitative estimate of drug-likeness (QED) is 0.611. The summed E-state index contributed by atoms with van der Waals surface area (Å²) in [5.74, 6) is -1.48. The Balaban J connectivity index is 1.54. The van der Waals surface area contributed by atoms with Crippen LogP contribution in [0.25, 0.3) is 0 Å². The van der Waals surface area contributed by atoms with E-state index in [1.165, 1.54) is 5.56 Å². The largest absolute Gasteiger partial charge is 0.293 e. The summed E-state index contributed by atoms with van der Waals surface area (Å²) in [7, 11) is 0. The molecule has 0 N–H and O–H groups in total. The van der Waals surface area contributed by atoms with Crippen LogP contribution in [-0.2, 0) is 4.79 Å². The summed E-state index contributed by atoms with van der Waals surface area (Å²) in [5.41, 5.74) is 2.01. The third-order valence-corrected chi connectivity index (χ3v) is 5.74. The lowest BCUT2D eigenvalue weighted by atomic mass is 9.67. The summed E-state index contributed by atoms with van der Waals surface area (Å²) >= 11 is 0. The molecule has 0 saturated heterocycles. The standard InChI is InChI=1S/C22H20O3/c23-20-17-8-4-5-9-18(17)21(24)22(25)19(20)16-12-10-15(11-13-16)14-6-2-1-3-7-14/h1-9,15-16,19H,10-13H2. The number of Topliss-reactive ketones (excluding diaryl/α,β-unsaturated/α-hetero) is 3. The Kier molecular flexibility index (Phi) is 4.08. The number of hydrogen-bond acceptors (Lipinski definition) is 3. The Morgan fingerprint density at radius 3 is 1.92 bits per heavy atom. The molecule has 1 fully saturated rings. The third kappa shape index (κ3) is 2.74. The molecule has 126 valence electrons. The Labute approximate surface area is 147 Å².